The summed E-state index contributed by atoms with van der Waals surface area (Å²) in [5, 5.41) is 5.97. The van der Waals surface area contributed by atoms with E-state index < -0.39 is 0 Å². The van der Waals surface area contributed by atoms with E-state index in [1.54, 1.807) is 12.5 Å². The third-order valence-electron chi connectivity index (χ3n) is 5.87. The molecule has 1 aliphatic rings. The molecule has 1 saturated heterocycles. The van der Waals surface area contributed by atoms with Gasteiger partial charge in [-0.25, -0.2) is 9.78 Å². The van der Waals surface area contributed by atoms with Crippen LogP contribution in [-0.4, -0.2) is 33.6 Å². The predicted octanol–water partition coefficient (Wildman–Crippen LogP) is 4.42. The summed E-state index contributed by atoms with van der Waals surface area (Å²) in [6.45, 7) is 5.93. The molecule has 162 valence electrons. The Labute approximate surface area is 184 Å². The molecule has 1 aliphatic heterocycles. The Morgan fingerprint density at radius 3 is 2.39 bits per heavy atom. The van der Waals surface area contributed by atoms with Crippen molar-refractivity contribution in [2.45, 2.75) is 45.3 Å². The number of rotatable bonds is 7. The number of amides is 2. The maximum absolute atomic E-state index is 12.3. The normalized spacial score (nSPS) is 15.4. The van der Waals surface area contributed by atoms with E-state index in [-0.39, 0.29) is 12.1 Å². The first-order valence-electron chi connectivity index (χ1n) is 11.1. The Hall–Kier alpha value is -3.12. The zero-order valence-corrected chi connectivity index (χ0v) is 18.1. The molecule has 0 aliphatic carbocycles. The number of imidazole rings is 1. The number of likely N-dealkylation sites (tertiary alicyclic amines) is 1. The summed E-state index contributed by atoms with van der Waals surface area (Å²) in [5.41, 5.74) is 4.54. The number of nitrogens with zero attached hydrogens (tertiary/aromatic N) is 3. The summed E-state index contributed by atoms with van der Waals surface area (Å²) >= 11 is 0. The average molecular weight is 418 g/mol. The molecule has 0 bridgehead atoms. The van der Waals surface area contributed by atoms with E-state index in [0.29, 0.717) is 6.54 Å². The number of hydrogen-bond donors (Lipinski definition) is 2. The Morgan fingerprint density at radius 2 is 1.71 bits per heavy atom. The maximum atomic E-state index is 12.3. The fraction of sp³-hybridized carbons (Fsp3) is 0.360. The lowest BCUT2D eigenvalue weighted by atomic mass is 10.1. The minimum absolute atomic E-state index is 0.0799. The summed E-state index contributed by atoms with van der Waals surface area (Å²) in [5.74, 6) is 0. The molecule has 2 aromatic carbocycles. The molecule has 6 heteroatoms. The van der Waals surface area contributed by atoms with Gasteiger partial charge in [0, 0.05) is 31.2 Å². The molecule has 0 spiro atoms. The highest BCUT2D eigenvalue weighted by Crippen LogP contribution is 2.16. The van der Waals surface area contributed by atoms with E-state index in [1.807, 2.05) is 42.0 Å². The van der Waals surface area contributed by atoms with Crippen molar-refractivity contribution in [2.75, 3.05) is 13.1 Å². The highest BCUT2D eigenvalue weighted by atomic mass is 16.2. The predicted molar refractivity (Wildman–Crippen MR) is 123 cm³/mol. The monoisotopic (exact) mass is 417 g/mol. The number of piperidine rings is 1. The molecule has 4 rings (SSSR count). The van der Waals surface area contributed by atoms with Crippen LogP contribution in [-0.2, 0) is 13.1 Å². The van der Waals surface area contributed by atoms with E-state index in [2.05, 4.69) is 44.8 Å². The van der Waals surface area contributed by atoms with Gasteiger partial charge in [-0.3, -0.25) is 4.90 Å². The van der Waals surface area contributed by atoms with Crippen molar-refractivity contribution in [1.29, 1.82) is 0 Å². The molecule has 3 aromatic rings. The molecule has 31 heavy (non-hydrogen) atoms. The van der Waals surface area contributed by atoms with Crippen molar-refractivity contribution in [1.82, 2.24) is 25.1 Å². The first kappa shape index (κ1) is 21.1. The third-order valence-corrected chi connectivity index (χ3v) is 5.87. The molecule has 1 aromatic heterocycles. The van der Waals surface area contributed by atoms with Gasteiger partial charge in [0.25, 0.3) is 0 Å². The lowest BCUT2D eigenvalue weighted by Gasteiger charge is -2.26. The zero-order valence-electron chi connectivity index (χ0n) is 18.1. The fourth-order valence-corrected chi connectivity index (χ4v) is 4.00. The Morgan fingerprint density at radius 1 is 1.00 bits per heavy atom. The number of hydrogen-bond acceptors (Lipinski definition) is 3. The van der Waals surface area contributed by atoms with E-state index >= 15 is 0 Å². The standard InChI is InChI=1S/C25H31N5O/c1-20(23-9-11-24(12-10-23)30-16-13-26-19-30)28-25(31)27-17-21-5-7-22(8-6-21)18-29-14-3-2-4-15-29/h5-13,16,19-20H,2-4,14-15,17-18H2,1H3,(H2,27,28,31)/t20-/m0/s1. The van der Waals surface area contributed by atoms with Crippen LogP contribution >= 0.6 is 0 Å². The van der Waals surface area contributed by atoms with Gasteiger partial charge in [-0.05, 0) is 61.7 Å². The van der Waals surface area contributed by atoms with Gasteiger partial charge in [0.15, 0.2) is 0 Å². The first-order valence-corrected chi connectivity index (χ1v) is 11.1. The molecule has 2 amide bonds. The van der Waals surface area contributed by atoms with E-state index in [4.69, 9.17) is 0 Å². The average Bonchev–Trinajstić information content (AvgIpc) is 3.34. The molecule has 6 nitrogen and oxygen atoms in total. The second-order valence-corrected chi connectivity index (χ2v) is 8.26. The minimum Gasteiger partial charge on any atom is -0.334 e. The van der Waals surface area contributed by atoms with Gasteiger partial charge < -0.3 is 15.2 Å². The van der Waals surface area contributed by atoms with Crippen molar-refractivity contribution in [2.24, 2.45) is 0 Å². The molecule has 0 radical (unpaired) electrons. The van der Waals surface area contributed by atoms with Crippen molar-refractivity contribution in [3.05, 3.63) is 83.9 Å². The number of urea groups is 1. The second-order valence-electron chi connectivity index (χ2n) is 8.26. The van der Waals surface area contributed by atoms with Crippen LogP contribution in [0.2, 0.25) is 0 Å². The molecular weight excluding hydrogens is 386 g/mol. The largest absolute Gasteiger partial charge is 0.334 e. The number of benzene rings is 2. The molecule has 0 saturated carbocycles. The van der Waals surface area contributed by atoms with E-state index in [1.165, 1.54) is 37.9 Å². The van der Waals surface area contributed by atoms with Crippen molar-refractivity contribution >= 4 is 6.03 Å². The Balaban J connectivity index is 1.23. The third kappa shape index (κ3) is 5.95. The molecular formula is C25H31N5O. The number of carbonyl (C=O) groups excluding carboxylic acids is 1. The molecule has 2 heterocycles. The summed E-state index contributed by atoms with van der Waals surface area (Å²) < 4.78 is 1.95. The Bertz CT molecular complexity index is 945. The van der Waals surface area contributed by atoms with Gasteiger partial charge in [-0.15, -0.1) is 0 Å². The van der Waals surface area contributed by atoms with Crippen LogP contribution in [0.25, 0.3) is 5.69 Å². The van der Waals surface area contributed by atoms with E-state index in [9.17, 15) is 4.79 Å². The van der Waals surface area contributed by atoms with Gasteiger partial charge in [0.2, 0.25) is 0 Å². The van der Waals surface area contributed by atoms with Gasteiger partial charge in [-0.1, -0.05) is 42.8 Å². The summed E-state index contributed by atoms with van der Waals surface area (Å²) in [4.78, 5) is 18.9. The molecule has 0 unspecified atom stereocenters. The van der Waals surface area contributed by atoms with Gasteiger partial charge in [-0.2, -0.15) is 0 Å². The Kier molecular flexibility index (Phi) is 6.99. The van der Waals surface area contributed by atoms with Gasteiger partial charge in [0.05, 0.1) is 12.4 Å². The van der Waals surface area contributed by atoms with Crippen LogP contribution in [0.15, 0.2) is 67.3 Å². The molecule has 1 atom stereocenters. The number of carbonyl (C=O) groups is 1. The zero-order chi connectivity index (χ0) is 21.5. The summed E-state index contributed by atoms with van der Waals surface area (Å²) in [6.07, 6.45) is 9.41. The van der Waals surface area contributed by atoms with Crippen LogP contribution in [0.3, 0.4) is 0 Å². The highest BCUT2D eigenvalue weighted by molar-refractivity contribution is 5.74. The van der Waals surface area contributed by atoms with Gasteiger partial charge >= 0.3 is 6.03 Å². The topological polar surface area (TPSA) is 62.2 Å². The lowest BCUT2D eigenvalue weighted by Crippen LogP contribution is -2.36. The van der Waals surface area contributed by atoms with Crippen molar-refractivity contribution < 1.29 is 4.79 Å². The number of aromatic nitrogens is 2. The van der Waals surface area contributed by atoms with Crippen LogP contribution < -0.4 is 10.6 Å². The molecule has 1 fully saturated rings. The van der Waals surface area contributed by atoms with Gasteiger partial charge in [0.1, 0.15) is 0 Å². The van der Waals surface area contributed by atoms with Crippen LogP contribution in [0.1, 0.15) is 48.9 Å². The lowest BCUT2D eigenvalue weighted by molar-refractivity contribution is 0.221. The minimum atomic E-state index is -0.163. The smallest absolute Gasteiger partial charge is 0.315 e. The van der Waals surface area contributed by atoms with Crippen molar-refractivity contribution in [3.63, 3.8) is 0 Å². The van der Waals surface area contributed by atoms with Crippen LogP contribution in [0, 0.1) is 0 Å². The maximum Gasteiger partial charge on any atom is 0.315 e. The van der Waals surface area contributed by atoms with E-state index in [0.717, 1.165) is 23.4 Å². The first-order chi connectivity index (χ1) is 15.2. The van der Waals surface area contributed by atoms with Crippen molar-refractivity contribution in [3.8, 4) is 5.69 Å². The summed E-state index contributed by atoms with van der Waals surface area (Å²) in [6, 6.07) is 16.4. The highest BCUT2D eigenvalue weighted by Gasteiger charge is 2.11. The van der Waals surface area contributed by atoms with Crippen LogP contribution in [0.4, 0.5) is 4.79 Å². The SMILES string of the molecule is C[C@H](NC(=O)NCc1ccc(CN2CCCCC2)cc1)c1ccc(-n2ccnc2)cc1. The quantitative estimate of drug-likeness (QED) is 0.598. The van der Waals surface area contributed by atoms with Crippen LogP contribution in [0.5, 0.6) is 0 Å². The number of nitrogens with one attached hydrogen (secondary N) is 2. The summed E-state index contributed by atoms with van der Waals surface area (Å²) in [7, 11) is 0. The molecule has 2 N–H and O–H groups in total. The fourth-order valence-electron chi connectivity index (χ4n) is 4.00. The second kappa shape index (κ2) is 10.3.